The zero-order valence-corrected chi connectivity index (χ0v) is 14.8. The smallest absolute Gasteiger partial charge is 0.276 e. The van der Waals surface area contributed by atoms with Crippen LogP contribution in [0.3, 0.4) is 0 Å². The minimum atomic E-state index is -0.632. The fourth-order valence-corrected chi connectivity index (χ4v) is 2.86. The van der Waals surface area contributed by atoms with Gasteiger partial charge in [-0.3, -0.25) is 15.1 Å². The van der Waals surface area contributed by atoms with Gasteiger partial charge < -0.3 is 5.73 Å². The van der Waals surface area contributed by atoms with Gasteiger partial charge in [0.25, 0.3) is 5.91 Å². The van der Waals surface area contributed by atoms with E-state index in [4.69, 9.17) is 34.3 Å². The summed E-state index contributed by atoms with van der Waals surface area (Å²) in [5.74, 6) is -0.753. The summed E-state index contributed by atoms with van der Waals surface area (Å²) in [7, 11) is 0. The summed E-state index contributed by atoms with van der Waals surface area (Å²) < 4.78 is 0. The van der Waals surface area contributed by atoms with Crippen molar-refractivity contribution in [3.63, 3.8) is 0 Å². The number of anilines is 1. The molecule has 0 atom stereocenters. The summed E-state index contributed by atoms with van der Waals surface area (Å²) in [6.45, 7) is 0. The number of carbonyl (C=O) groups excluding carboxylic acids is 1. The predicted molar refractivity (Wildman–Crippen MR) is 103 cm³/mol. The van der Waals surface area contributed by atoms with Gasteiger partial charge >= 0.3 is 0 Å². The van der Waals surface area contributed by atoms with Gasteiger partial charge in [-0.05, 0) is 35.9 Å². The Morgan fingerprint density at radius 3 is 2.42 bits per heavy atom. The quantitative estimate of drug-likeness (QED) is 0.816. The van der Waals surface area contributed by atoms with E-state index >= 15 is 0 Å². The Bertz CT molecular complexity index is 1020. The van der Waals surface area contributed by atoms with Gasteiger partial charge in [0.1, 0.15) is 17.5 Å². The maximum atomic E-state index is 12.6. The first-order valence-electron chi connectivity index (χ1n) is 7.49. The summed E-state index contributed by atoms with van der Waals surface area (Å²) in [6.07, 6.45) is 1.60. The number of nitrogens with two attached hydrogens (primary N) is 1. The number of benzene rings is 2. The highest BCUT2D eigenvalue weighted by molar-refractivity contribution is 6.42. The molecule has 2 aromatic rings. The number of para-hydroxylation sites is 1. The Hall–Kier alpha value is -3.07. The van der Waals surface area contributed by atoms with Gasteiger partial charge in [-0.25, -0.2) is 0 Å². The molecule has 7 heteroatoms. The Labute approximate surface area is 160 Å². The topological polar surface area (TPSA) is 94.0 Å². The van der Waals surface area contributed by atoms with E-state index in [0.29, 0.717) is 21.3 Å². The number of rotatable bonds is 2. The molecule has 1 aliphatic rings. The van der Waals surface area contributed by atoms with Gasteiger partial charge in [-0.2, -0.15) is 5.26 Å². The van der Waals surface area contributed by atoms with Gasteiger partial charge in [0.05, 0.1) is 21.4 Å². The number of nitrogens with one attached hydrogen (secondary N) is 1. The number of carbonyl (C=O) groups is 1. The fraction of sp³-hybridized carbons (Fsp3) is 0. The maximum absolute atomic E-state index is 12.6. The van der Waals surface area contributed by atoms with Crippen molar-refractivity contribution in [1.82, 2.24) is 0 Å². The van der Waals surface area contributed by atoms with Crippen LogP contribution in [0.5, 0.6) is 0 Å². The van der Waals surface area contributed by atoms with Gasteiger partial charge in [0.2, 0.25) is 0 Å². The number of nitrogens with zero attached hydrogens (tertiary/aromatic N) is 2. The van der Waals surface area contributed by atoms with Crippen molar-refractivity contribution in [3.05, 3.63) is 81.0 Å². The second-order valence-corrected chi connectivity index (χ2v) is 6.27. The number of hydrogen-bond donors (Lipinski definition) is 2. The molecule has 0 fully saturated rings. The van der Waals surface area contributed by atoms with Crippen molar-refractivity contribution in [1.29, 1.82) is 10.7 Å². The van der Waals surface area contributed by atoms with Crippen LogP contribution >= 0.6 is 23.2 Å². The van der Waals surface area contributed by atoms with Gasteiger partial charge in [0, 0.05) is 5.57 Å². The number of hydrogen-bond acceptors (Lipinski definition) is 4. The summed E-state index contributed by atoms with van der Waals surface area (Å²) in [5.41, 5.74) is 7.13. The molecule has 26 heavy (non-hydrogen) atoms. The van der Waals surface area contributed by atoms with E-state index in [-0.39, 0.29) is 22.7 Å². The minimum Gasteiger partial charge on any atom is -0.397 e. The first-order chi connectivity index (χ1) is 12.4. The SMILES string of the molecule is N#CC1=C(N)/C(=C\c2ccc(Cl)c(Cl)c2)C(=N)N(c2ccccc2)C1=O. The molecule has 128 valence electrons. The van der Waals surface area contributed by atoms with Crippen LogP contribution in [0.4, 0.5) is 5.69 Å². The number of amidine groups is 1. The molecule has 1 amide bonds. The Kier molecular flexibility index (Phi) is 4.81. The maximum Gasteiger partial charge on any atom is 0.276 e. The molecule has 2 aromatic carbocycles. The molecule has 0 saturated heterocycles. The summed E-state index contributed by atoms with van der Waals surface area (Å²) in [5, 5.41) is 18.6. The molecule has 0 aliphatic carbocycles. The second kappa shape index (κ2) is 7.04. The number of halogens is 2. The van der Waals surface area contributed by atoms with Gasteiger partial charge in [-0.15, -0.1) is 0 Å². The highest BCUT2D eigenvalue weighted by atomic mass is 35.5. The van der Waals surface area contributed by atoms with E-state index < -0.39 is 5.91 Å². The Morgan fingerprint density at radius 1 is 1.12 bits per heavy atom. The first-order valence-corrected chi connectivity index (χ1v) is 8.25. The van der Waals surface area contributed by atoms with Crippen LogP contribution in [0.1, 0.15) is 5.56 Å². The lowest BCUT2D eigenvalue weighted by atomic mass is 9.97. The first kappa shape index (κ1) is 17.7. The van der Waals surface area contributed by atoms with E-state index in [1.54, 1.807) is 54.6 Å². The lowest BCUT2D eigenvalue weighted by molar-refractivity contribution is -0.114. The van der Waals surface area contributed by atoms with Crippen LogP contribution in [0, 0.1) is 16.7 Å². The molecule has 0 radical (unpaired) electrons. The molecule has 0 unspecified atom stereocenters. The van der Waals surface area contributed by atoms with Crippen LogP contribution in [-0.4, -0.2) is 11.7 Å². The zero-order chi connectivity index (χ0) is 18.8. The van der Waals surface area contributed by atoms with Crippen LogP contribution in [0.25, 0.3) is 6.08 Å². The van der Waals surface area contributed by atoms with Crippen LogP contribution < -0.4 is 10.6 Å². The molecular weight excluding hydrogens is 371 g/mol. The van der Waals surface area contributed by atoms with Gasteiger partial charge in [-0.1, -0.05) is 47.5 Å². The number of amides is 1. The molecule has 5 nitrogen and oxygen atoms in total. The van der Waals surface area contributed by atoms with Crippen molar-refractivity contribution in [2.45, 2.75) is 0 Å². The normalized spacial score (nSPS) is 16.2. The molecule has 1 heterocycles. The minimum absolute atomic E-state index is 0.0410. The highest BCUT2D eigenvalue weighted by Crippen LogP contribution is 2.30. The molecule has 3 rings (SSSR count). The molecule has 0 aromatic heterocycles. The largest absolute Gasteiger partial charge is 0.397 e. The summed E-state index contributed by atoms with van der Waals surface area (Å²) >= 11 is 12.0. The average Bonchev–Trinajstić information content (AvgIpc) is 2.63. The van der Waals surface area contributed by atoms with Crippen molar-refractivity contribution in [2.24, 2.45) is 5.73 Å². The summed E-state index contributed by atoms with van der Waals surface area (Å²) in [6, 6.07) is 15.4. The van der Waals surface area contributed by atoms with E-state index in [2.05, 4.69) is 0 Å². The number of nitriles is 1. The van der Waals surface area contributed by atoms with E-state index in [1.165, 1.54) is 0 Å². The van der Waals surface area contributed by atoms with Gasteiger partial charge in [0.15, 0.2) is 0 Å². The van der Waals surface area contributed by atoms with Crippen molar-refractivity contribution < 1.29 is 4.79 Å². The summed E-state index contributed by atoms with van der Waals surface area (Å²) in [4.78, 5) is 13.8. The Balaban J connectivity index is 2.17. The van der Waals surface area contributed by atoms with Crippen LogP contribution in [-0.2, 0) is 4.79 Å². The molecule has 1 aliphatic heterocycles. The molecule has 0 bridgehead atoms. The Morgan fingerprint density at radius 2 is 1.81 bits per heavy atom. The highest BCUT2D eigenvalue weighted by Gasteiger charge is 2.34. The van der Waals surface area contributed by atoms with E-state index in [0.717, 1.165) is 4.90 Å². The standard InChI is InChI=1S/C19H12Cl2N4O/c20-15-7-6-11(9-16(15)21)8-13-17(23)14(10-22)19(26)25(18(13)24)12-4-2-1-3-5-12/h1-9,24H,23H2/b13-8+,24-18?. The molecule has 0 spiro atoms. The third-order valence-corrected chi connectivity index (χ3v) is 4.58. The van der Waals surface area contributed by atoms with Crippen molar-refractivity contribution >= 4 is 46.7 Å². The fourth-order valence-electron chi connectivity index (χ4n) is 2.56. The molecule has 0 saturated carbocycles. The zero-order valence-electron chi connectivity index (χ0n) is 13.3. The monoisotopic (exact) mass is 382 g/mol. The van der Waals surface area contributed by atoms with Crippen LogP contribution in [0.2, 0.25) is 10.0 Å². The lowest BCUT2D eigenvalue weighted by Crippen LogP contribution is -2.44. The van der Waals surface area contributed by atoms with Crippen LogP contribution in [0.15, 0.2) is 65.4 Å². The van der Waals surface area contributed by atoms with E-state index in [1.807, 2.05) is 6.07 Å². The van der Waals surface area contributed by atoms with Crippen molar-refractivity contribution in [2.75, 3.05) is 4.90 Å². The van der Waals surface area contributed by atoms with Crippen molar-refractivity contribution in [3.8, 4) is 6.07 Å². The lowest BCUT2D eigenvalue weighted by Gasteiger charge is -2.29. The average molecular weight is 383 g/mol. The predicted octanol–water partition coefficient (Wildman–Crippen LogP) is 4.14. The molecular formula is C19H12Cl2N4O. The third kappa shape index (κ3) is 3.08. The molecule has 3 N–H and O–H groups in total. The van der Waals surface area contributed by atoms with E-state index in [9.17, 15) is 10.1 Å². The third-order valence-electron chi connectivity index (χ3n) is 3.84. The second-order valence-electron chi connectivity index (χ2n) is 5.46.